The third kappa shape index (κ3) is 4.29. The van der Waals surface area contributed by atoms with Gasteiger partial charge in [-0.1, -0.05) is 35.3 Å². The van der Waals surface area contributed by atoms with Gasteiger partial charge in [0.15, 0.2) is 0 Å². The number of benzene rings is 3. The molecule has 0 unspecified atom stereocenters. The number of aromatic amines is 1. The molecule has 146 valence electrons. The Labute approximate surface area is 176 Å². The Morgan fingerprint density at radius 1 is 1.07 bits per heavy atom. The fourth-order valence-corrected chi connectivity index (χ4v) is 3.30. The number of halogens is 2. The summed E-state index contributed by atoms with van der Waals surface area (Å²) in [4.78, 5) is 12.4. The first-order valence-corrected chi connectivity index (χ1v) is 9.50. The minimum atomic E-state index is -0.500. The minimum absolute atomic E-state index is 0.0740. The van der Waals surface area contributed by atoms with Crippen molar-refractivity contribution in [1.82, 2.24) is 10.2 Å². The number of anilines is 2. The van der Waals surface area contributed by atoms with Crippen molar-refractivity contribution in [2.75, 3.05) is 10.6 Å². The second-order valence-electron chi connectivity index (χ2n) is 6.46. The van der Waals surface area contributed by atoms with E-state index in [-0.39, 0.29) is 11.3 Å². The van der Waals surface area contributed by atoms with Crippen LogP contribution in [0.15, 0.2) is 60.8 Å². The van der Waals surface area contributed by atoms with E-state index in [0.29, 0.717) is 22.3 Å². The Kier molecular flexibility index (Phi) is 5.29. The Bertz CT molecular complexity index is 1210. The van der Waals surface area contributed by atoms with Gasteiger partial charge in [0.2, 0.25) is 0 Å². The summed E-state index contributed by atoms with van der Waals surface area (Å²) in [5, 5.41) is 24.6. The zero-order valence-corrected chi connectivity index (χ0v) is 16.6. The number of H-pyrrole nitrogens is 1. The van der Waals surface area contributed by atoms with Crippen molar-refractivity contribution < 1.29 is 9.90 Å². The van der Waals surface area contributed by atoms with E-state index in [1.54, 1.807) is 18.3 Å². The molecule has 4 N–H and O–H groups in total. The zero-order chi connectivity index (χ0) is 20.4. The average Bonchev–Trinajstić information content (AvgIpc) is 3.18. The summed E-state index contributed by atoms with van der Waals surface area (Å²) in [5.74, 6) is -0.656. The molecule has 4 rings (SSSR count). The van der Waals surface area contributed by atoms with Crippen LogP contribution >= 0.6 is 23.2 Å². The lowest BCUT2D eigenvalue weighted by Gasteiger charge is -2.12. The minimum Gasteiger partial charge on any atom is -0.507 e. The number of hydrogen-bond donors (Lipinski definition) is 4. The monoisotopic (exact) mass is 426 g/mol. The first-order valence-electron chi connectivity index (χ1n) is 8.75. The van der Waals surface area contributed by atoms with E-state index in [4.69, 9.17) is 23.2 Å². The number of aromatic nitrogens is 2. The van der Waals surface area contributed by atoms with E-state index < -0.39 is 5.91 Å². The number of phenols is 1. The van der Waals surface area contributed by atoms with Gasteiger partial charge in [0.25, 0.3) is 5.91 Å². The summed E-state index contributed by atoms with van der Waals surface area (Å²) < 4.78 is 0. The van der Waals surface area contributed by atoms with E-state index in [1.165, 1.54) is 18.2 Å². The highest BCUT2D eigenvalue weighted by Crippen LogP contribution is 2.28. The van der Waals surface area contributed by atoms with Gasteiger partial charge in [0, 0.05) is 22.6 Å². The van der Waals surface area contributed by atoms with Crippen LogP contribution in [0.3, 0.4) is 0 Å². The average molecular weight is 427 g/mol. The third-order valence-corrected chi connectivity index (χ3v) is 4.97. The first-order chi connectivity index (χ1) is 14.0. The maximum absolute atomic E-state index is 12.4. The van der Waals surface area contributed by atoms with Crippen LogP contribution in [-0.4, -0.2) is 21.2 Å². The maximum atomic E-state index is 12.4. The molecule has 1 aromatic heterocycles. The van der Waals surface area contributed by atoms with Crippen LogP contribution < -0.4 is 10.6 Å². The number of phenolic OH excluding ortho intramolecular Hbond substituents is 1. The molecule has 1 heterocycles. The van der Waals surface area contributed by atoms with Crippen molar-refractivity contribution in [1.29, 1.82) is 0 Å². The van der Waals surface area contributed by atoms with Crippen LogP contribution in [-0.2, 0) is 6.54 Å². The van der Waals surface area contributed by atoms with Crippen LogP contribution in [0, 0.1) is 0 Å². The summed E-state index contributed by atoms with van der Waals surface area (Å²) in [6, 6.07) is 15.6. The molecule has 3 aromatic carbocycles. The molecule has 1 amide bonds. The van der Waals surface area contributed by atoms with Gasteiger partial charge in [-0.25, -0.2) is 0 Å². The zero-order valence-electron chi connectivity index (χ0n) is 15.0. The van der Waals surface area contributed by atoms with Gasteiger partial charge in [0.05, 0.1) is 28.0 Å². The van der Waals surface area contributed by atoms with Crippen LogP contribution in [0.1, 0.15) is 15.9 Å². The number of fused-ring (bicyclic) bond motifs is 1. The molecule has 29 heavy (non-hydrogen) atoms. The molecule has 0 atom stereocenters. The Hall–Kier alpha value is -3.22. The molecule has 0 spiro atoms. The second kappa shape index (κ2) is 8.03. The van der Waals surface area contributed by atoms with E-state index in [1.807, 2.05) is 24.3 Å². The molecule has 0 saturated heterocycles. The quantitative estimate of drug-likeness (QED) is 0.342. The lowest BCUT2D eigenvalue weighted by Crippen LogP contribution is -2.12. The van der Waals surface area contributed by atoms with Gasteiger partial charge < -0.3 is 15.7 Å². The Morgan fingerprint density at radius 3 is 2.76 bits per heavy atom. The van der Waals surface area contributed by atoms with Crippen molar-refractivity contribution in [2.24, 2.45) is 0 Å². The molecule has 0 saturated carbocycles. The molecule has 0 bridgehead atoms. The van der Waals surface area contributed by atoms with Gasteiger partial charge in [-0.15, -0.1) is 0 Å². The first kappa shape index (κ1) is 19.1. The van der Waals surface area contributed by atoms with Crippen molar-refractivity contribution in [3.8, 4) is 5.75 Å². The molecule has 8 heteroatoms. The number of aromatic hydroxyl groups is 1. The Morgan fingerprint density at radius 2 is 1.93 bits per heavy atom. The van der Waals surface area contributed by atoms with E-state index >= 15 is 0 Å². The summed E-state index contributed by atoms with van der Waals surface area (Å²) >= 11 is 12.2. The topological polar surface area (TPSA) is 90.0 Å². The van der Waals surface area contributed by atoms with Crippen molar-refractivity contribution >= 4 is 51.4 Å². The fourth-order valence-electron chi connectivity index (χ4n) is 2.90. The molecule has 6 nitrogen and oxygen atoms in total. The van der Waals surface area contributed by atoms with Gasteiger partial charge in [-0.05, 0) is 48.0 Å². The summed E-state index contributed by atoms with van der Waals surface area (Å²) in [6.45, 7) is 0.605. The number of rotatable bonds is 5. The number of nitrogens with one attached hydrogen (secondary N) is 3. The summed E-state index contributed by atoms with van der Waals surface area (Å²) in [5.41, 5.74) is 3.38. The normalized spacial score (nSPS) is 10.8. The smallest absolute Gasteiger partial charge is 0.259 e. The number of carbonyl (C=O) groups excluding carboxylic acids is 1. The molecular weight excluding hydrogens is 411 g/mol. The summed E-state index contributed by atoms with van der Waals surface area (Å²) in [6.07, 6.45) is 1.78. The largest absolute Gasteiger partial charge is 0.507 e. The third-order valence-electron chi connectivity index (χ3n) is 4.42. The lowest BCUT2D eigenvalue weighted by molar-refractivity contribution is 0.102. The van der Waals surface area contributed by atoms with Crippen molar-refractivity contribution in [3.05, 3.63) is 82.0 Å². The number of nitrogens with zero attached hydrogens (tertiary/aromatic N) is 1. The lowest BCUT2D eigenvalue weighted by atomic mass is 10.1. The molecule has 0 aliphatic heterocycles. The predicted octanol–water partition coefficient (Wildman–Crippen LogP) is 5.44. The van der Waals surface area contributed by atoms with E-state index in [9.17, 15) is 9.90 Å². The van der Waals surface area contributed by atoms with Gasteiger partial charge in [-0.2, -0.15) is 5.10 Å². The fraction of sp³-hybridized carbons (Fsp3) is 0.0476. The number of amides is 1. The number of hydrogen-bond acceptors (Lipinski definition) is 4. The van der Waals surface area contributed by atoms with Crippen LogP contribution in [0.5, 0.6) is 5.75 Å². The van der Waals surface area contributed by atoms with Gasteiger partial charge in [0.1, 0.15) is 5.75 Å². The van der Waals surface area contributed by atoms with Crippen molar-refractivity contribution in [2.45, 2.75) is 6.54 Å². The van der Waals surface area contributed by atoms with Crippen LogP contribution in [0.2, 0.25) is 10.0 Å². The van der Waals surface area contributed by atoms with Gasteiger partial charge >= 0.3 is 0 Å². The van der Waals surface area contributed by atoms with E-state index in [0.717, 1.165) is 22.2 Å². The predicted molar refractivity (Wildman–Crippen MR) is 116 cm³/mol. The highest BCUT2D eigenvalue weighted by Gasteiger charge is 2.14. The molecule has 0 aliphatic rings. The SMILES string of the molecule is O=C(Nc1ccc(NCc2ccc3cn[nH]c3c2)cc1Cl)c1cc(Cl)ccc1O. The summed E-state index contributed by atoms with van der Waals surface area (Å²) in [7, 11) is 0. The molecule has 0 aliphatic carbocycles. The van der Waals surface area contributed by atoms with E-state index in [2.05, 4.69) is 20.8 Å². The maximum Gasteiger partial charge on any atom is 0.259 e. The van der Waals surface area contributed by atoms with Crippen molar-refractivity contribution in [3.63, 3.8) is 0 Å². The second-order valence-corrected chi connectivity index (χ2v) is 7.30. The molecule has 0 fully saturated rings. The van der Waals surface area contributed by atoms with Crippen LogP contribution in [0.25, 0.3) is 10.9 Å². The van der Waals surface area contributed by atoms with Gasteiger partial charge in [-0.3, -0.25) is 9.89 Å². The van der Waals surface area contributed by atoms with Crippen LogP contribution in [0.4, 0.5) is 11.4 Å². The molecule has 0 radical (unpaired) electrons. The standard InChI is InChI=1S/C21H16Cl2N4O2/c22-14-3-6-20(28)16(8-14)21(29)26-18-5-4-15(9-17(18)23)24-10-12-1-2-13-11-25-27-19(13)7-12/h1-9,11,24,28H,10H2,(H,25,27)(H,26,29). The highest BCUT2D eigenvalue weighted by atomic mass is 35.5. The Balaban J connectivity index is 1.44. The molecule has 4 aromatic rings. The number of carbonyl (C=O) groups is 1. The molecular formula is C21H16Cl2N4O2. The highest BCUT2D eigenvalue weighted by molar-refractivity contribution is 6.34.